The van der Waals surface area contributed by atoms with Crippen LogP contribution in [0.1, 0.15) is 0 Å². The number of anilines is 3. The second kappa shape index (κ2) is 5.51. The number of nitrogens with two attached hydrogens (primary N) is 1. The Bertz CT molecular complexity index is 979. The van der Waals surface area contributed by atoms with E-state index in [0.717, 1.165) is 5.39 Å². The zero-order valence-corrected chi connectivity index (χ0v) is 13.6. The molecule has 4 rings (SSSR count). The molecule has 8 heteroatoms. The van der Waals surface area contributed by atoms with Crippen LogP contribution in [0, 0.1) is 0 Å². The summed E-state index contributed by atoms with van der Waals surface area (Å²) < 4.78 is 10.8. The summed E-state index contributed by atoms with van der Waals surface area (Å²) in [5, 5.41) is 14.2. The minimum absolute atomic E-state index is 0.0851. The second-order valence-electron chi connectivity index (χ2n) is 5.22. The van der Waals surface area contributed by atoms with E-state index < -0.39 is 0 Å². The highest BCUT2D eigenvalue weighted by Gasteiger charge is 2.18. The van der Waals surface area contributed by atoms with Crippen molar-refractivity contribution < 1.29 is 14.6 Å². The number of phenols is 1. The van der Waals surface area contributed by atoms with Gasteiger partial charge in [0.2, 0.25) is 6.79 Å². The monoisotopic (exact) mass is 363 g/mol. The second-order valence-corrected chi connectivity index (χ2v) is 6.03. The summed E-state index contributed by atoms with van der Waals surface area (Å²) in [6, 6.07) is 6.47. The number of aromatic nitrogens is 1. The lowest BCUT2D eigenvalue weighted by Gasteiger charge is -2.14. The molecule has 1 aliphatic rings. The molecule has 0 saturated carbocycles. The summed E-state index contributed by atoms with van der Waals surface area (Å²) in [4.78, 5) is 4.31. The number of fused-ring (bicyclic) bond motifs is 2. The molecule has 122 valence electrons. The van der Waals surface area contributed by atoms with E-state index in [4.69, 9.17) is 38.4 Å². The number of nitrogens with zero attached hydrogens (tertiary/aromatic N) is 1. The van der Waals surface area contributed by atoms with E-state index in [1.807, 2.05) is 0 Å². The predicted octanol–water partition coefficient (Wildman–Crippen LogP) is 4.30. The van der Waals surface area contributed by atoms with Gasteiger partial charge in [0.05, 0.1) is 38.8 Å². The SMILES string of the molecule is Nc1cnc2cc3c(cc2c1Nc1cc(O)c(Cl)cc1Cl)OCO3. The number of benzene rings is 2. The molecule has 0 amide bonds. The molecule has 1 aliphatic heterocycles. The standard InChI is InChI=1S/C16H11Cl2N3O3/c17-8-2-9(18)13(22)3-12(8)21-16-7-1-14-15(24-6-23-14)4-11(7)20-5-10(16)19/h1-5,22H,6,19H2,(H,20,21). The Kier molecular flexibility index (Phi) is 3.44. The van der Waals surface area contributed by atoms with Crippen molar-refractivity contribution in [3.05, 3.63) is 40.5 Å². The number of aromatic hydroxyl groups is 1. The number of hydrogen-bond acceptors (Lipinski definition) is 6. The number of hydrogen-bond donors (Lipinski definition) is 3. The molecular formula is C16H11Cl2N3O3. The largest absolute Gasteiger partial charge is 0.506 e. The van der Waals surface area contributed by atoms with Gasteiger partial charge < -0.3 is 25.6 Å². The fraction of sp³-hybridized carbons (Fsp3) is 0.0625. The van der Waals surface area contributed by atoms with Crippen LogP contribution in [-0.2, 0) is 0 Å². The van der Waals surface area contributed by atoms with Gasteiger partial charge in [0, 0.05) is 17.5 Å². The van der Waals surface area contributed by atoms with Crippen molar-refractivity contribution in [2.24, 2.45) is 0 Å². The molecule has 0 bridgehead atoms. The van der Waals surface area contributed by atoms with Crippen molar-refractivity contribution >= 4 is 51.2 Å². The van der Waals surface area contributed by atoms with E-state index in [2.05, 4.69) is 10.3 Å². The molecule has 1 aromatic heterocycles. The van der Waals surface area contributed by atoms with Crippen molar-refractivity contribution in [1.82, 2.24) is 4.98 Å². The number of rotatable bonds is 2. The van der Waals surface area contributed by atoms with E-state index in [0.29, 0.717) is 39.1 Å². The van der Waals surface area contributed by atoms with Crippen LogP contribution in [0.15, 0.2) is 30.5 Å². The molecule has 24 heavy (non-hydrogen) atoms. The number of nitrogen functional groups attached to an aromatic ring is 1. The minimum Gasteiger partial charge on any atom is -0.506 e. The van der Waals surface area contributed by atoms with Gasteiger partial charge in [0.15, 0.2) is 11.5 Å². The predicted molar refractivity (Wildman–Crippen MR) is 93.7 cm³/mol. The highest BCUT2D eigenvalue weighted by atomic mass is 35.5. The van der Waals surface area contributed by atoms with Crippen LogP contribution in [0.5, 0.6) is 17.2 Å². The molecule has 4 N–H and O–H groups in total. The van der Waals surface area contributed by atoms with Crippen LogP contribution in [0.25, 0.3) is 10.9 Å². The minimum atomic E-state index is -0.0851. The van der Waals surface area contributed by atoms with Gasteiger partial charge >= 0.3 is 0 Å². The third-order valence-electron chi connectivity index (χ3n) is 3.69. The Hall–Kier alpha value is -2.57. The number of ether oxygens (including phenoxy) is 2. The van der Waals surface area contributed by atoms with Crippen molar-refractivity contribution in [1.29, 1.82) is 0 Å². The molecule has 3 aromatic rings. The van der Waals surface area contributed by atoms with E-state index in [9.17, 15) is 5.11 Å². The zero-order valence-electron chi connectivity index (χ0n) is 12.1. The van der Waals surface area contributed by atoms with Gasteiger partial charge in [-0.1, -0.05) is 23.2 Å². The molecular weight excluding hydrogens is 353 g/mol. The zero-order chi connectivity index (χ0) is 16.8. The molecule has 0 aliphatic carbocycles. The van der Waals surface area contributed by atoms with Gasteiger partial charge in [0.25, 0.3) is 0 Å². The number of pyridine rings is 1. The van der Waals surface area contributed by atoms with Gasteiger partial charge in [-0.15, -0.1) is 0 Å². The van der Waals surface area contributed by atoms with Crippen LogP contribution in [0.2, 0.25) is 10.0 Å². The van der Waals surface area contributed by atoms with Crippen LogP contribution >= 0.6 is 23.2 Å². The summed E-state index contributed by atoms with van der Waals surface area (Å²) in [6.07, 6.45) is 1.54. The maximum Gasteiger partial charge on any atom is 0.231 e. The van der Waals surface area contributed by atoms with E-state index in [-0.39, 0.29) is 17.6 Å². The quantitative estimate of drug-likeness (QED) is 0.628. The van der Waals surface area contributed by atoms with Crippen LogP contribution in [-0.4, -0.2) is 16.9 Å². The maximum atomic E-state index is 9.80. The molecule has 6 nitrogen and oxygen atoms in total. The molecule has 0 atom stereocenters. The van der Waals surface area contributed by atoms with Gasteiger partial charge in [-0.3, -0.25) is 4.98 Å². The Labute approximate surface area is 146 Å². The molecule has 2 aromatic carbocycles. The highest BCUT2D eigenvalue weighted by molar-refractivity contribution is 6.37. The summed E-state index contributed by atoms with van der Waals surface area (Å²) in [6.45, 7) is 0.167. The first-order chi connectivity index (χ1) is 11.5. The lowest BCUT2D eigenvalue weighted by atomic mass is 10.1. The van der Waals surface area contributed by atoms with Crippen LogP contribution in [0.4, 0.5) is 17.1 Å². The smallest absolute Gasteiger partial charge is 0.231 e. The van der Waals surface area contributed by atoms with Gasteiger partial charge in [-0.25, -0.2) is 0 Å². The van der Waals surface area contributed by atoms with Crippen LogP contribution in [0.3, 0.4) is 0 Å². The fourth-order valence-electron chi connectivity index (χ4n) is 2.50. The highest BCUT2D eigenvalue weighted by Crippen LogP contribution is 2.42. The topological polar surface area (TPSA) is 89.6 Å². The summed E-state index contributed by atoms with van der Waals surface area (Å²) in [7, 11) is 0. The van der Waals surface area contributed by atoms with E-state index in [1.165, 1.54) is 18.3 Å². The molecule has 0 fully saturated rings. The number of nitrogens with one attached hydrogen (secondary N) is 1. The van der Waals surface area contributed by atoms with E-state index >= 15 is 0 Å². The third-order valence-corrected chi connectivity index (χ3v) is 4.30. The van der Waals surface area contributed by atoms with Gasteiger partial charge in [-0.05, 0) is 12.1 Å². The van der Waals surface area contributed by atoms with Gasteiger partial charge in [-0.2, -0.15) is 0 Å². The first-order valence-corrected chi connectivity index (χ1v) is 7.71. The van der Waals surface area contributed by atoms with Crippen LogP contribution < -0.4 is 20.5 Å². The molecule has 0 unspecified atom stereocenters. The molecule has 0 radical (unpaired) electrons. The Morgan fingerprint density at radius 2 is 1.83 bits per heavy atom. The third kappa shape index (κ3) is 2.40. The first-order valence-electron chi connectivity index (χ1n) is 6.96. The van der Waals surface area contributed by atoms with Crippen molar-refractivity contribution in [3.63, 3.8) is 0 Å². The summed E-state index contributed by atoms with van der Waals surface area (Å²) >= 11 is 12.0. The maximum absolute atomic E-state index is 9.80. The average Bonchev–Trinajstić information content (AvgIpc) is 3.00. The Morgan fingerprint density at radius 1 is 1.08 bits per heavy atom. The van der Waals surface area contributed by atoms with Gasteiger partial charge in [0.1, 0.15) is 5.75 Å². The first kappa shape index (κ1) is 15.0. The van der Waals surface area contributed by atoms with Crippen molar-refractivity contribution in [2.75, 3.05) is 17.8 Å². The number of phenolic OH excluding ortho intramolecular Hbond substituents is 1. The lowest BCUT2D eigenvalue weighted by Crippen LogP contribution is -1.99. The lowest BCUT2D eigenvalue weighted by molar-refractivity contribution is 0.174. The normalized spacial score (nSPS) is 12.6. The summed E-state index contributed by atoms with van der Waals surface area (Å²) in [5.41, 5.74) is 8.24. The molecule has 0 saturated heterocycles. The Balaban J connectivity index is 1.87. The number of halogens is 2. The van der Waals surface area contributed by atoms with E-state index in [1.54, 1.807) is 12.1 Å². The fourth-order valence-corrected chi connectivity index (χ4v) is 2.94. The van der Waals surface area contributed by atoms with Crippen molar-refractivity contribution in [2.45, 2.75) is 0 Å². The molecule has 2 heterocycles. The van der Waals surface area contributed by atoms with Crippen molar-refractivity contribution in [3.8, 4) is 17.2 Å². The Morgan fingerprint density at radius 3 is 2.62 bits per heavy atom. The molecule has 0 spiro atoms. The average molecular weight is 364 g/mol. The summed E-state index contributed by atoms with van der Waals surface area (Å²) in [5.74, 6) is 1.16.